The number of rotatable bonds is 3. The van der Waals surface area contributed by atoms with Gasteiger partial charge in [-0.05, 0) is 0 Å². The summed E-state index contributed by atoms with van der Waals surface area (Å²) in [6, 6.07) is 0. The number of H-pyrrole nitrogens is 3. The molecule has 20 heteroatoms. The fourth-order valence-electron chi connectivity index (χ4n) is 2.51. The molecule has 6 heterocycles. The number of nitrogens with one attached hydrogen (secondary N) is 3. The zero-order chi connectivity index (χ0) is 25.7. The second kappa shape index (κ2) is 12.9. The Kier molecular flexibility index (Phi) is 10.0. The maximum absolute atomic E-state index is 10.4. The third-order valence-electron chi connectivity index (χ3n) is 4.09. The smallest absolute Gasteiger partial charge is 0.542 e. The van der Waals surface area contributed by atoms with Crippen LogP contribution in [0, 0.1) is 0 Å². The maximum atomic E-state index is 10.4. The Morgan fingerprint density at radius 2 is 0.921 bits per heavy atom. The van der Waals surface area contributed by atoms with Crippen molar-refractivity contribution in [1.82, 2.24) is 59.8 Å². The summed E-state index contributed by atoms with van der Waals surface area (Å²) in [5.41, 5.74) is 2.90. The molecule has 6 rings (SSSR count). The van der Waals surface area contributed by atoms with Crippen LogP contribution in [0.3, 0.4) is 0 Å². The van der Waals surface area contributed by atoms with Crippen LogP contribution in [0.5, 0.6) is 0 Å². The topological polar surface area (TPSA) is 278 Å². The van der Waals surface area contributed by atoms with Gasteiger partial charge in [0.25, 0.3) is 0 Å². The van der Waals surface area contributed by atoms with E-state index in [9.17, 15) is 19.5 Å². The molecule has 0 unspecified atom stereocenters. The predicted octanol–water partition coefficient (Wildman–Crippen LogP) is -4.18. The molecular formula is C18H11LiMnN12O6. The minimum atomic E-state index is -1.40. The number of aromatic nitrogens is 12. The van der Waals surface area contributed by atoms with Crippen molar-refractivity contribution >= 4 is 51.4 Å². The molecule has 0 aliphatic carbocycles. The molecule has 1 radical (unpaired) electrons. The van der Waals surface area contributed by atoms with Crippen molar-refractivity contribution < 1.29 is 65.6 Å². The molecule has 0 aliphatic rings. The van der Waals surface area contributed by atoms with Gasteiger partial charge in [-0.25, -0.2) is 54.4 Å². The molecular weight excluding hydrogens is 542 g/mol. The van der Waals surface area contributed by atoms with Gasteiger partial charge in [0.15, 0.2) is 22.8 Å². The Morgan fingerprint density at radius 3 is 1.24 bits per heavy atom. The molecule has 0 saturated heterocycles. The van der Waals surface area contributed by atoms with Gasteiger partial charge < -0.3 is 35.1 Å². The average molecular weight is 553 g/mol. The summed E-state index contributed by atoms with van der Waals surface area (Å²) in [7, 11) is 0. The fourth-order valence-corrected chi connectivity index (χ4v) is 2.51. The first-order chi connectivity index (χ1) is 17.3. The summed E-state index contributed by atoms with van der Waals surface area (Å²) in [6.45, 7) is 0. The molecule has 38 heavy (non-hydrogen) atoms. The van der Waals surface area contributed by atoms with Crippen LogP contribution >= 0.6 is 0 Å². The van der Waals surface area contributed by atoms with Crippen LogP contribution in [-0.4, -0.2) is 87.9 Å². The number of nitrogens with zero attached hydrogens (tertiary/aromatic N) is 9. The second-order valence-electron chi connectivity index (χ2n) is 6.40. The van der Waals surface area contributed by atoms with E-state index in [0.29, 0.717) is 33.5 Å². The molecule has 6 aromatic heterocycles. The molecule has 0 atom stereocenters. The molecule has 0 saturated carbocycles. The van der Waals surface area contributed by atoms with Crippen molar-refractivity contribution in [3.8, 4) is 0 Å². The van der Waals surface area contributed by atoms with Crippen molar-refractivity contribution in [2.24, 2.45) is 0 Å². The summed E-state index contributed by atoms with van der Waals surface area (Å²) < 4.78 is 0. The van der Waals surface area contributed by atoms with Crippen LogP contribution in [0.25, 0.3) is 33.5 Å². The van der Waals surface area contributed by atoms with Gasteiger partial charge in [0.2, 0.25) is 11.6 Å². The van der Waals surface area contributed by atoms with E-state index in [1.807, 2.05) is 0 Å². The van der Waals surface area contributed by atoms with Gasteiger partial charge in [-0.1, -0.05) is 0 Å². The van der Waals surface area contributed by atoms with Gasteiger partial charge in [0.1, 0.15) is 22.5 Å². The summed E-state index contributed by atoms with van der Waals surface area (Å²) in [6.07, 6.45) is 8.41. The van der Waals surface area contributed by atoms with Crippen LogP contribution in [0.4, 0.5) is 0 Å². The number of carbonyl (C=O) groups excluding carboxylic acids is 1. The Morgan fingerprint density at radius 1 is 0.605 bits per heavy atom. The molecule has 18 nitrogen and oxygen atoms in total. The van der Waals surface area contributed by atoms with E-state index in [0.717, 1.165) is 0 Å². The van der Waals surface area contributed by atoms with E-state index in [1.165, 1.54) is 37.6 Å². The minimum Gasteiger partial charge on any atom is -0.542 e. The average Bonchev–Trinajstić information content (AvgIpc) is 3.63. The van der Waals surface area contributed by atoms with Gasteiger partial charge in [0.05, 0.1) is 37.6 Å². The first-order valence-corrected chi connectivity index (χ1v) is 9.48. The van der Waals surface area contributed by atoms with Gasteiger partial charge in [-0.2, -0.15) is 0 Å². The van der Waals surface area contributed by atoms with Gasteiger partial charge >= 0.3 is 30.8 Å². The molecule has 5 N–H and O–H groups in total. The van der Waals surface area contributed by atoms with Crippen LogP contribution in [0.2, 0.25) is 0 Å². The maximum Gasteiger partial charge on any atom is 1.00 e. The Labute approximate surface area is 231 Å². The molecule has 0 fully saturated rings. The Balaban J connectivity index is 0.000000195. The van der Waals surface area contributed by atoms with Crippen molar-refractivity contribution in [1.29, 1.82) is 0 Å². The van der Waals surface area contributed by atoms with Crippen molar-refractivity contribution in [3.05, 3.63) is 55.0 Å². The summed E-state index contributed by atoms with van der Waals surface area (Å²) in [5, 5.41) is 27.3. The molecule has 0 aliphatic heterocycles. The SMILES string of the molecule is O=C(O)c1ncc2[nH]cnc2n1.O=C(O)c1ncc2[nH]cnc2n1.O=C([O-])c1ncc2[nH]cnc2n1.[Li+].[Mn]. The molecule has 0 bridgehead atoms. The number of fused-ring (bicyclic) bond motifs is 3. The third-order valence-corrected chi connectivity index (χ3v) is 4.09. The van der Waals surface area contributed by atoms with Crippen LogP contribution in [0.15, 0.2) is 37.6 Å². The van der Waals surface area contributed by atoms with E-state index in [-0.39, 0.29) is 53.4 Å². The summed E-state index contributed by atoms with van der Waals surface area (Å²) in [4.78, 5) is 72.4. The summed E-state index contributed by atoms with van der Waals surface area (Å²) >= 11 is 0. The number of aromatic amines is 3. The van der Waals surface area contributed by atoms with Crippen molar-refractivity contribution in [3.63, 3.8) is 0 Å². The standard InChI is InChI=1S/3C6H4N4O2.Li.Mn/c3*11-6(12)5-7-1-3-4(10-5)9-2-8-3;;/h3*1-2H,(H,11,12)(H,7,8,9,10);;/q;;;+1;/p-1. The Hall–Kier alpha value is -4.82. The van der Waals surface area contributed by atoms with Gasteiger partial charge in [0, 0.05) is 17.1 Å². The molecule has 0 amide bonds. The number of hydrogen-bond donors (Lipinski definition) is 5. The second-order valence-corrected chi connectivity index (χ2v) is 6.40. The number of carboxylic acid groups (broad SMARTS) is 3. The number of carbonyl (C=O) groups is 3. The molecule has 6 aromatic rings. The quantitative estimate of drug-likeness (QED) is 0.130. The van der Waals surface area contributed by atoms with Crippen molar-refractivity contribution in [2.45, 2.75) is 0 Å². The number of carboxylic acids is 3. The van der Waals surface area contributed by atoms with Crippen molar-refractivity contribution in [2.75, 3.05) is 0 Å². The monoisotopic (exact) mass is 553 g/mol. The molecule has 187 valence electrons. The van der Waals surface area contributed by atoms with E-state index in [1.54, 1.807) is 0 Å². The Bertz CT molecular complexity index is 1520. The zero-order valence-corrected chi connectivity index (χ0v) is 20.1. The molecule has 0 spiro atoms. The van der Waals surface area contributed by atoms with Crippen LogP contribution < -0.4 is 24.0 Å². The number of aromatic carboxylic acids is 3. The van der Waals surface area contributed by atoms with E-state index in [2.05, 4.69) is 59.8 Å². The van der Waals surface area contributed by atoms with Crippen LogP contribution in [-0.2, 0) is 17.1 Å². The first-order valence-electron chi connectivity index (χ1n) is 9.48. The third kappa shape index (κ3) is 6.89. The molecule has 0 aromatic carbocycles. The van der Waals surface area contributed by atoms with Gasteiger partial charge in [-0.15, -0.1) is 0 Å². The number of hydrogen-bond acceptors (Lipinski definition) is 13. The first kappa shape index (κ1) is 29.4. The predicted molar refractivity (Wildman–Crippen MR) is 113 cm³/mol. The largest absolute Gasteiger partial charge is 1.00 e. The normalized spacial score (nSPS) is 9.79. The van der Waals surface area contributed by atoms with E-state index in [4.69, 9.17) is 10.2 Å². The van der Waals surface area contributed by atoms with E-state index < -0.39 is 17.9 Å². The number of imidazole rings is 3. The van der Waals surface area contributed by atoms with Crippen LogP contribution in [0.1, 0.15) is 31.9 Å². The minimum absolute atomic E-state index is 0. The summed E-state index contributed by atoms with van der Waals surface area (Å²) in [5.74, 6) is -4.54. The zero-order valence-electron chi connectivity index (χ0n) is 18.9. The van der Waals surface area contributed by atoms with Gasteiger partial charge in [-0.3, -0.25) is 0 Å². The fraction of sp³-hybridized carbons (Fsp3) is 0. The van der Waals surface area contributed by atoms with E-state index >= 15 is 0 Å².